The molecule has 0 amide bonds. The monoisotopic (exact) mass is 268 g/mol. The van der Waals surface area contributed by atoms with Crippen LogP contribution in [-0.2, 0) is 0 Å². The van der Waals surface area contributed by atoms with Gasteiger partial charge in [-0.25, -0.2) is 0 Å². The minimum absolute atomic E-state index is 0.478. The van der Waals surface area contributed by atoms with Gasteiger partial charge in [-0.15, -0.1) is 0 Å². The molecule has 0 radical (unpaired) electrons. The van der Waals surface area contributed by atoms with Gasteiger partial charge in [0.2, 0.25) is 0 Å². The molecule has 0 saturated heterocycles. The molecule has 0 bridgehead atoms. The number of guanidine groups is 1. The summed E-state index contributed by atoms with van der Waals surface area (Å²) >= 11 is 0. The molecule has 1 unspecified atom stereocenters. The maximum atomic E-state index is 6.00. The number of nitrogens with zero attached hydrogens (tertiary/aromatic N) is 2. The Kier molecular flexibility index (Phi) is 7.21. The zero-order chi connectivity index (χ0) is 14.3. The van der Waals surface area contributed by atoms with Crippen molar-refractivity contribution >= 4 is 5.96 Å². The van der Waals surface area contributed by atoms with Crippen molar-refractivity contribution in [1.82, 2.24) is 10.2 Å². The van der Waals surface area contributed by atoms with Gasteiger partial charge in [0.25, 0.3) is 0 Å². The minimum Gasteiger partial charge on any atom is -0.370 e. The van der Waals surface area contributed by atoms with E-state index in [1.54, 1.807) is 0 Å². The van der Waals surface area contributed by atoms with E-state index in [0.29, 0.717) is 24.0 Å². The number of nitrogens with one attached hydrogen (secondary N) is 1. The third-order valence-electron chi connectivity index (χ3n) is 3.90. The molecule has 0 aromatic rings. The fourth-order valence-corrected chi connectivity index (χ4v) is 2.70. The Morgan fingerprint density at radius 3 is 2.42 bits per heavy atom. The summed E-state index contributed by atoms with van der Waals surface area (Å²) in [5.74, 6) is 1.32. The summed E-state index contributed by atoms with van der Waals surface area (Å²) in [6.07, 6.45) is 7.63. The lowest BCUT2D eigenvalue weighted by Crippen LogP contribution is -2.42. The van der Waals surface area contributed by atoms with Gasteiger partial charge in [0.1, 0.15) is 0 Å². The molecular weight excluding hydrogens is 236 g/mol. The minimum atomic E-state index is 0.478. The number of rotatable bonds is 6. The highest BCUT2D eigenvalue weighted by Crippen LogP contribution is 2.17. The third kappa shape index (κ3) is 6.81. The normalized spacial score (nSPS) is 20.0. The number of nitrogens with two attached hydrogens (primary N) is 1. The van der Waals surface area contributed by atoms with Crippen LogP contribution in [0.4, 0.5) is 0 Å². The molecule has 1 rings (SSSR count). The van der Waals surface area contributed by atoms with E-state index in [9.17, 15) is 0 Å². The Bertz CT molecular complexity index is 267. The summed E-state index contributed by atoms with van der Waals surface area (Å²) in [5.41, 5.74) is 6.00. The van der Waals surface area contributed by atoms with E-state index in [1.165, 1.54) is 32.1 Å². The van der Waals surface area contributed by atoms with Crippen LogP contribution in [0.2, 0.25) is 0 Å². The Balaban J connectivity index is 2.38. The van der Waals surface area contributed by atoms with Crippen LogP contribution >= 0.6 is 0 Å². The molecule has 1 atom stereocenters. The van der Waals surface area contributed by atoms with Crippen LogP contribution in [0.15, 0.2) is 4.99 Å². The zero-order valence-corrected chi connectivity index (χ0v) is 13.2. The molecule has 4 heteroatoms. The van der Waals surface area contributed by atoms with Crippen LogP contribution in [0.1, 0.15) is 52.4 Å². The lowest BCUT2D eigenvalue weighted by Gasteiger charge is -2.26. The zero-order valence-electron chi connectivity index (χ0n) is 13.2. The van der Waals surface area contributed by atoms with Crippen molar-refractivity contribution in [3.8, 4) is 0 Å². The second-order valence-corrected chi connectivity index (χ2v) is 6.45. The molecule has 0 heterocycles. The molecule has 3 N–H and O–H groups in total. The molecule has 1 fully saturated rings. The number of hydrogen-bond acceptors (Lipinski definition) is 2. The van der Waals surface area contributed by atoms with E-state index in [4.69, 9.17) is 5.73 Å². The van der Waals surface area contributed by atoms with Gasteiger partial charge >= 0.3 is 0 Å². The highest BCUT2D eigenvalue weighted by atomic mass is 15.2. The third-order valence-corrected chi connectivity index (χ3v) is 3.90. The fraction of sp³-hybridized carbons (Fsp3) is 0.933. The maximum Gasteiger partial charge on any atom is 0.188 e. The quantitative estimate of drug-likeness (QED) is 0.573. The largest absolute Gasteiger partial charge is 0.370 e. The average molecular weight is 268 g/mol. The molecule has 0 aliphatic heterocycles. The Labute approximate surface area is 118 Å². The Hall–Kier alpha value is -0.770. The molecular formula is C15H32N4. The molecule has 19 heavy (non-hydrogen) atoms. The van der Waals surface area contributed by atoms with Gasteiger partial charge in [-0.2, -0.15) is 0 Å². The van der Waals surface area contributed by atoms with Gasteiger partial charge in [0.15, 0.2) is 5.96 Å². The lowest BCUT2D eigenvalue weighted by molar-refractivity contribution is 0.261. The average Bonchev–Trinajstić information content (AvgIpc) is 2.35. The topological polar surface area (TPSA) is 53.6 Å². The van der Waals surface area contributed by atoms with E-state index >= 15 is 0 Å². The van der Waals surface area contributed by atoms with Gasteiger partial charge in [0.05, 0.1) is 6.54 Å². The second kappa shape index (κ2) is 8.41. The summed E-state index contributed by atoms with van der Waals surface area (Å²) in [6, 6.07) is 1.02. The lowest BCUT2D eigenvalue weighted by atomic mass is 9.96. The molecule has 1 saturated carbocycles. The standard InChI is InChI=1S/C15H32N4/c1-12(2)10-14(19(3)4)11-17-15(16)18-13-8-6-5-7-9-13/h12-14H,5-11H2,1-4H3,(H3,16,17,18). The van der Waals surface area contributed by atoms with Crippen LogP contribution in [0, 0.1) is 5.92 Å². The highest BCUT2D eigenvalue weighted by molar-refractivity contribution is 5.78. The van der Waals surface area contributed by atoms with Gasteiger partial charge < -0.3 is 16.0 Å². The number of hydrogen-bond donors (Lipinski definition) is 2. The van der Waals surface area contributed by atoms with Crippen molar-refractivity contribution in [1.29, 1.82) is 0 Å². The van der Waals surface area contributed by atoms with Gasteiger partial charge in [-0.05, 0) is 39.3 Å². The first-order valence-electron chi connectivity index (χ1n) is 7.72. The van der Waals surface area contributed by atoms with E-state index in [0.717, 1.165) is 13.0 Å². The molecule has 1 aliphatic rings. The first kappa shape index (κ1) is 16.3. The Morgan fingerprint density at radius 2 is 1.89 bits per heavy atom. The molecule has 4 nitrogen and oxygen atoms in total. The number of likely N-dealkylation sites (N-methyl/N-ethyl adjacent to an activating group) is 1. The van der Waals surface area contributed by atoms with Gasteiger partial charge in [-0.1, -0.05) is 33.1 Å². The maximum absolute atomic E-state index is 6.00. The SMILES string of the molecule is CC(C)CC(CN=C(N)NC1CCCCC1)N(C)C. The highest BCUT2D eigenvalue weighted by Gasteiger charge is 2.15. The Morgan fingerprint density at radius 1 is 1.26 bits per heavy atom. The van der Waals surface area contributed by atoms with Crippen LogP contribution in [0.25, 0.3) is 0 Å². The molecule has 1 aliphatic carbocycles. The van der Waals surface area contributed by atoms with Crippen LogP contribution < -0.4 is 11.1 Å². The molecule has 0 aromatic carbocycles. The van der Waals surface area contributed by atoms with Crippen molar-refractivity contribution in [3.63, 3.8) is 0 Å². The smallest absolute Gasteiger partial charge is 0.188 e. The van der Waals surface area contributed by atoms with Crippen molar-refractivity contribution in [2.24, 2.45) is 16.6 Å². The van der Waals surface area contributed by atoms with Crippen LogP contribution in [0.3, 0.4) is 0 Å². The van der Waals surface area contributed by atoms with Crippen molar-refractivity contribution < 1.29 is 0 Å². The van der Waals surface area contributed by atoms with E-state index in [-0.39, 0.29) is 0 Å². The predicted molar refractivity (Wildman–Crippen MR) is 83.4 cm³/mol. The summed E-state index contributed by atoms with van der Waals surface area (Å²) in [4.78, 5) is 6.78. The summed E-state index contributed by atoms with van der Waals surface area (Å²) in [5, 5.41) is 3.38. The first-order valence-corrected chi connectivity index (χ1v) is 7.72. The van der Waals surface area contributed by atoms with E-state index in [2.05, 4.69) is 43.2 Å². The summed E-state index contributed by atoms with van der Waals surface area (Å²) in [6.45, 7) is 5.30. The predicted octanol–water partition coefficient (Wildman–Crippen LogP) is 2.20. The molecule has 0 aromatic heterocycles. The van der Waals surface area contributed by atoms with Gasteiger partial charge in [-0.3, -0.25) is 4.99 Å². The summed E-state index contributed by atoms with van der Waals surface area (Å²) in [7, 11) is 4.24. The second-order valence-electron chi connectivity index (χ2n) is 6.45. The fourth-order valence-electron chi connectivity index (χ4n) is 2.70. The van der Waals surface area contributed by atoms with Crippen molar-refractivity contribution in [3.05, 3.63) is 0 Å². The van der Waals surface area contributed by atoms with Crippen LogP contribution in [-0.4, -0.2) is 43.6 Å². The van der Waals surface area contributed by atoms with Gasteiger partial charge in [0, 0.05) is 12.1 Å². The molecule has 0 spiro atoms. The summed E-state index contributed by atoms with van der Waals surface area (Å²) < 4.78 is 0. The van der Waals surface area contributed by atoms with E-state index < -0.39 is 0 Å². The van der Waals surface area contributed by atoms with Crippen LogP contribution in [0.5, 0.6) is 0 Å². The number of aliphatic imine (C=N–C) groups is 1. The first-order chi connectivity index (χ1) is 8.99. The van der Waals surface area contributed by atoms with Crippen molar-refractivity contribution in [2.75, 3.05) is 20.6 Å². The molecule has 112 valence electrons. The van der Waals surface area contributed by atoms with Crippen molar-refractivity contribution in [2.45, 2.75) is 64.5 Å². The van der Waals surface area contributed by atoms with E-state index in [1.807, 2.05) is 0 Å².